The summed E-state index contributed by atoms with van der Waals surface area (Å²) in [6.45, 7) is 8.51. The average Bonchev–Trinajstić information content (AvgIpc) is 3.39. The molecular weight excluding hydrogens is 388 g/mol. The molecular formula is C21H30N4O3S. The third-order valence-corrected chi connectivity index (χ3v) is 5.27. The van der Waals surface area contributed by atoms with Crippen molar-refractivity contribution in [2.24, 2.45) is 4.99 Å². The largest absolute Gasteiger partial charge is 0.469 e. The molecule has 1 saturated heterocycles. The van der Waals surface area contributed by atoms with Gasteiger partial charge in [0.2, 0.25) is 0 Å². The van der Waals surface area contributed by atoms with Gasteiger partial charge in [0.1, 0.15) is 11.4 Å². The maximum atomic E-state index is 12.1. The number of nitrogens with one attached hydrogen (secondary N) is 2. The highest BCUT2D eigenvalue weighted by Crippen LogP contribution is 2.14. The van der Waals surface area contributed by atoms with E-state index in [0.717, 1.165) is 37.7 Å². The zero-order valence-electron chi connectivity index (χ0n) is 17.3. The molecule has 1 aliphatic heterocycles. The van der Waals surface area contributed by atoms with Crippen molar-refractivity contribution in [3.8, 4) is 0 Å². The Hall–Kier alpha value is -2.48. The van der Waals surface area contributed by atoms with Gasteiger partial charge in [0.25, 0.3) is 0 Å². The summed E-state index contributed by atoms with van der Waals surface area (Å²) >= 11 is 1.70. The van der Waals surface area contributed by atoms with Crippen LogP contribution in [0.4, 0.5) is 4.79 Å². The molecule has 7 nitrogen and oxygen atoms in total. The number of carbonyl (C=O) groups is 1. The van der Waals surface area contributed by atoms with Crippen LogP contribution in [0, 0.1) is 0 Å². The van der Waals surface area contributed by atoms with Gasteiger partial charge in [-0.15, -0.1) is 11.3 Å². The van der Waals surface area contributed by atoms with E-state index < -0.39 is 5.60 Å². The van der Waals surface area contributed by atoms with E-state index in [0.29, 0.717) is 13.1 Å². The predicted molar refractivity (Wildman–Crippen MR) is 115 cm³/mol. The van der Waals surface area contributed by atoms with Crippen LogP contribution in [0.1, 0.15) is 37.8 Å². The van der Waals surface area contributed by atoms with Crippen molar-refractivity contribution >= 4 is 23.4 Å². The van der Waals surface area contributed by atoms with Crippen LogP contribution in [0.5, 0.6) is 0 Å². The van der Waals surface area contributed by atoms with Crippen LogP contribution >= 0.6 is 11.3 Å². The number of guanidine groups is 1. The molecule has 0 aromatic carbocycles. The number of furan rings is 1. The fourth-order valence-electron chi connectivity index (χ4n) is 3.12. The quantitative estimate of drug-likeness (QED) is 0.553. The fourth-order valence-corrected chi connectivity index (χ4v) is 3.75. The molecule has 29 heavy (non-hydrogen) atoms. The summed E-state index contributed by atoms with van der Waals surface area (Å²) in [5, 5.41) is 8.48. The highest BCUT2D eigenvalue weighted by atomic mass is 32.1. The highest BCUT2D eigenvalue weighted by Gasteiger charge is 2.28. The second-order valence-electron chi connectivity index (χ2n) is 8.05. The van der Waals surface area contributed by atoms with E-state index in [1.807, 2.05) is 39.0 Å². The lowest BCUT2D eigenvalue weighted by atomic mass is 10.2. The number of thiophene rings is 1. The molecule has 1 fully saturated rings. The highest BCUT2D eigenvalue weighted by molar-refractivity contribution is 7.09. The monoisotopic (exact) mass is 418 g/mol. The van der Waals surface area contributed by atoms with E-state index in [1.165, 1.54) is 4.88 Å². The normalized spacial score (nSPS) is 17.4. The summed E-state index contributed by atoms with van der Waals surface area (Å²) in [4.78, 5) is 20.3. The van der Waals surface area contributed by atoms with Gasteiger partial charge in [0.05, 0.1) is 18.8 Å². The number of ether oxygens (including phenoxy) is 1. The molecule has 3 heterocycles. The summed E-state index contributed by atoms with van der Waals surface area (Å²) in [7, 11) is 0. The first-order valence-electron chi connectivity index (χ1n) is 9.96. The third-order valence-electron chi connectivity index (χ3n) is 4.41. The molecule has 0 saturated carbocycles. The van der Waals surface area contributed by atoms with Crippen molar-refractivity contribution < 1.29 is 13.9 Å². The number of rotatable bonds is 6. The summed E-state index contributed by atoms with van der Waals surface area (Å²) in [6, 6.07) is 8.04. The van der Waals surface area contributed by atoms with Crippen molar-refractivity contribution in [3.05, 3.63) is 46.5 Å². The van der Waals surface area contributed by atoms with Crippen LogP contribution in [-0.4, -0.2) is 48.2 Å². The molecule has 0 bridgehead atoms. The maximum Gasteiger partial charge on any atom is 0.407 e. The van der Waals surface area contributed by atoms with Gasteiger partial charge in [-0.3, -0.25) is 0 Å². The minimum absolute atomic E-state index is 0.0451. The molecule has 2 aromatic heterocycles. The second kappa shape index (κ2) is 9.82. The molecule has 1 unspecified atom stereocenters. The SMILES string of the molecule is CC(C)(C)OC(=O)NC1CCN(C(=NCc2cccs2)NCCc2ccco2)C1. The standard InChI is InChI=1S/C21H30N4O3S/c1-21(2,3)28-20(26)24-16-9-11-25(15-16)19(23-14-18-7-5-13-29-18)22-10-8-17-6-4-12-27-17/h4-7,12-13,16H,8-11,14-15H2,1-3H3,(H,22,23)(H,24,26). The Morgan fingerprint density at radius 1 is 1.38 bits per heavy atom. The molecule has 0 aliphatic carbocycles. The van der Waals surface area contributed by atoms with Crippen LogP contribution in [0.25, 0.3) is 0 Å². The van der Waals surface area contributed by atoms with E-state index in [4.69, 9.17) is 14.1 Å². The number of amides is 1. The van der Waals surface area contributed by atoms with Crippen molar-refractivity contribution in [2.45, 2.75) is 51.8 Å². The Labute approximate surface area is 176 Å². The zero-order chi connectivity index (χ0) is 20.7. The molecule has 1 aliphatic rings. The van der Waals surface area contributed by atoms with Gasteiger partial charge in [-0.25, -0.2) is 9.79 Å². The number of alkyl carbamates (subject to hydrolysis) is 1. The lowest BCUT2D eigenvalue weighted by molar-refractivity contribution is 0.0507. The first kappa shape index (κ1) is 21.2. The van der Waals surface area contributed by atoms with Crippen molar-refractivity contribution in [1.82, 2.24) is 15.5 Å². The van der Waals surface area contributed by atoms with Gasteiger partial charge in [0, 0.05) is 30.9 Å². The number of nitrogens with zero attached hydrogens (tertiary/aromatic N) is 2. The van der Waals surface area contributed by atoms with E-state index in [-0.39, 0.29) is 12.1 Å². The van der Waals surface area contributed by atoms with E-state index in [1.54, 1.807) is 17.6 Å². The minimum atomic E-state index is -0.497. The zero-order valence-corrected chi connectivity index (χ0v) is 18.1. The number of hydrogen-bond acceptors (Lipinski definition) is 5. The summed E-state index contributed by atoms with van der Waals surface area (Å²) in [6.07, 6.45) is 2.97. The Kier molecular flexibility index (Phi) is 7.19. The minimum Gasteiger partial charge on any atom is -0.469 e. The van der Waals surface area contributed by atoms with Gasteiger partial charge >= 0.3 is 6.09 Å². The Morgan fingerprint density at radius 3 is 2.93 bits per heavy atom. The van der Waals surface area contributed by atoms with E-state index in [2.05, 4.69) is 27.0 Å². The predicted octanol–water partition coefficient (Wildman–Crippen LogP) is 3.63. The topological polar surface area (TPSA) is 79.1 Å². The summed E-state index contributed by atoms with van der Waals surface area (Å²) < 4.78 is 10.8. The molecule has 3 rings (SSSR count). The van der Waals surface area contributed by atoms with Gasteiger partial charge < -0.3 is 24.7 Å². The first-order chi connectivity index (χ1) is 13.9. The van der Waals surface area contributed by atoms with Crippen molar-refractivity contribution in [3.63, 3.8) is 0 Å². The molecule has 0 radical (unpaired) electrons. The van der Waals surface area contributed by atoms with Gasteiger partial charge in [-0.05, 0) is 50.8 Å². The van der Waals surface area contributed by atoms with Crippen LogP contribution in [0.15, 0.2) is 45.3 Å². The first-order valence-corrected chi connectivity index (χ1v) is 10.8. The molecule has 8 heteroatoms. The number of aliphatic imine (C=N–C) groups is 1. The Morgan fingerprint density at radius 2 is 2.24 bits per heavy atom. The van der Waals surface area contributed by atoms with Crippen LogP contribution in [-0.2, 0) is 17.7 Å². The Balaban J connectivity index is 1.56. The molecule has 2 N–H and O–H groups in total. The molecule has 1 amide bonds. The van der Waals surface area contributed by atoms with E-state index >= 15 is 0 Å². The third kappa shape index (κ3) is 7.12. The fraction of sp³-hybridized carbons (Fsp3) is 0.524. The maximum absolute atomic E-state index is 12.1. The average molecular weight is 419 g/mol. The molecule has 1 atom stereocenters. The molecule has 2 aromatic rings. The van der Waals surface area contributed by atoms with Crippen molar-refractivity contribution in [1.29, 1.82) is 0 Å². The van der Waals surface area contributed by atoms with Gasteiger partial charge in [0.15, 0.2) is 5.96 Å². The lowest BCUT2D eigenvalue weighted by Gasteiger charge is -2.23. The van der Waals surface area contributed by atoms with Gasteiger partial charge in [-0.2, -0.15) is 0 Å². The number of carbonyl (C=O) groups excluding carboxylic acids is 1. The van der Waals surface area contributed by atoms with Crippen LogP contribution in [0.3, 0.4) is 0 Å². The number of hydrogen-bond donors (Lipinski definition) is 2. The summed E-state index contributed by atoms with van der Waals surface area (Å²) in [5.41, 5.74) is -0.497. The van der Waals surface area contributed by atoms with Crippen molar-refractivity contribution in [2.75, 3.05) is 19.6 Å². The lowest BCUT2D eigenvalue weighted by Crippen LogP contribution is -2.44. The second-order valence-corrected chi connectivity index (χ2v) is 9.09. The molecule has 158 valence electrons. The van der Waals surface area contributed by atoms with E-state index in [9.17, 15) is 4.79 Å². The number of likely N-dealkylation sites (tertiary alicyclic amines) is 1. The Bertz CT molecular complexity index is 781. The van der Waals surface area contributed by atoms with Crippen LogP contribution < -0.4 is 10.6 Å². The summed E-state index contributed by atoms with van der Waals surface area (Å²) in [5.74, 6) is 1.81. The molecule has 0 spiro atoms. The van der Waals surface area contributed by atoms with Gasteiger partial charge in [-0.1, -0.05) is 6.07 Å². The smallest absolute Gasteiger partial charge is 0.407 e. The van der Waals surface area contributed by atoms with Crippen LogP contribution in [0.2, 0.25) is 0 Å².